The highest BCUT2D eigenvalue weighted by Gasteiger charge is 2.38. The molecule has 5 nitrogen and oxygen atoms in total. The van der Waals surface area contributed by atoms with Crippen LogP contribution in [0, 0.1) is 0 Å². The molecule has 0 radical (unpaired) electrons. The van der Waals surface area contributed by atoms with Crippen LogP contribution in [0.4, 0.5) is 5.69 Å². The van der Waals surface area contributed by atoms with Crippen molar-refractivity contribution in [3.8, 4) is 5.75 Å². The molecule has 1 N–H and O–H groups in total. The van der Waals surface area contributed by atoms with Gasteiger partial charge in [-0.3, -0.25) is 9.69 Å². The summed E-state index contributed by atoms with van der Waals surface area (Å²) in [7, 11) is 0. The number of nitrogens with zero attached hydrogens (tertiary/aromatic N) is 3. The van der Waals surface area contributed by atoms with E-state index >= 15 is 0 Å². The van der Waals surface area contributed by atoms with Crippen molar-refractivity contribution in [3.05, 3.63) is 24.3 Å². The van der Waals surface area contributed by atoms with Crippen LogP contribution in [0.2, 0.25) is 0 Å². The highest BCUT2D eigenvalue weighted by atomic mass is 16.3. The maximum atomic E-state index is 12.9. The molecule has 0 atom stereocenters. The number of amides is 1. The molecule has 1 aliphatic heterocycles. The standard InChI is InChI=1S/C20H29N3O2/c24-19-9-7-16(8-10-19)22-13-11-21(12-14-22)15-20(25)23(18-5-6-18)17-3-1-2-4-17/h7-10,17-18,24H,1-6,11-15H2. The molecular weight excluding hydrogens is 314 g/mol. The molecule has 1 aromatic rings. The van der Waals surface area contributed by atoms with Gasteiger partial charge in [0.25, 0.3) is 0 Å². The monoisotopic (exact) mass is 343 g/mol. The number of hydrogen-bond donors (Lipinski definition) is 1. The summed E-state index contributed by atoms with van der Waals surface area (Å²) in [6.07, 6.45) is 7.39. The molecule has 3 fully saturated rings. The quantitative estimate of drug-likeness (QED) is 0.892. The number of rotatable bonds is 5. The van der Waals surface area contributed by atoms with Crippen molar-refractivity contribution in [1.82, 2.24) is 9.80 Å². The van der Waals surface area contributed by atoms with Gasteiger partial charge in [-0.25, -0.2) is 0 Å². The average Bonchev–Trinajstić information content (AvgIpc) is 3.30. The number of phenols is 1. The first-order valence-corrected chi connectivity index (χ1v) is 9.78. The largest absolute Gasteiger partial charge is 0.508 e. The van der Waals surface area contributed by atoms with Gasteiger partial charge in [-0.15, -0.1) is 0 Å². The van der Waals surface area contributed by atoms with Gasteiger partial charge in [-0.1, -0.05) is 12.8 Å². The van der Waals surface area contributed by atoms with E-state index in [1.165, 1.54) is 38.5 Å². The Balaban J connectivity index is 1.30. The number of carbonyl (C=O) groups is 1. The summed E-state index contributed by atoms with van der Waals surface area (Å²) in [5, 5.41) is 9.42. The number of phenolic OH excluding ortho intramolecular Hbond substituents is 1. The SMILES string of the molecule is O=C(CN1CCN(c2ccc(O)cc2)CC1)N(C1CCCC1)C1CC1. The number of benzene rings is 1. The van der Waals surface area contributed by atoms with Crippen molar-refractivity contribution in [2.75, 3.05) is 37.6 Å². The molecule has 0 aromatic heterocycles. The Kier molecular flexibility index (Phi) is 4.84. The van der Waals surface area contributed by atoms with Gasteiger partial charge in [0.2, 0.25) is 5.91 Å². The van der Waals surface area contributed by atoms with E-state index < -0.39 is 0 Å². The lowest BCUT2D eigenvalue weighted by molar-refractivity contribution is -0.135. The van der Waals surface area contributed by atoms with E-state index in [4.69, 9.17) is 0 Å². The molecule has 3 aliphatic rings. The van der Waals surface area contributed by atoms with Gasteiger partial charge in [0.05, 0.1) is 6.54 Å². The Hall–Kier alpha value is -1.75. The molecule has 2 aliphatic carbocycles. The lowest BCUT2D eigenvalue weighted by Gasteiger charge is -2.37. The van der Waals surface area contributed by atoms with Gasteiger partial charge >= 0.3 is 0 Å². The van der Waals surface area contributed by atoms with Gasteiger partial charge in [0.1, 0.15) is 5.75 Å². The van der Waals surface area contributed by atoms with Crippen molar-refractivity contribution in [1.29, 1.82) is 0 Å². The normalized spacial score (nSPS) is 22.3. The lowest BCUT2D eigenvalue weighted by atomic mass is 10.2. The average molecular weight is 343 g/mol. The molecule has 136 valence electrons. The zero-order chi connectivity index (χ0) is 17.2. The maximum absolute atomic E-state index is 12.9. The smallest absolute Gasteiger partial charge is 0.237 e. The van der Waals surface area contributed by atoms with Gasteiger partial charge in [0, 0.05) is 44.0 Å². The summed E-state index contributed by atoms with van der Waals surface area (Å²) in [5.41, 5.74) is 1.15. The molecule has 0 spiro atoms. The first-order chi connectivity index (χ1) is 12.2. The maximum Gasteiger partial charge on any atom is 0.237 e. The van der Waals surface area contributed by atoms with Crippen molar-refractivity contribution in [2.45, 2.75) is 50.6 Å². The Morgan fingerprint density at radius 2 is 1.56 bits per heavy atom. The zero-order valence-corrected chi connectivity index (χ0v) is 14.9. The van der Waals surface area contributed by atoms with E-state index in [-0.39, 0.29) is 0 Å². The molecule has 5 heteroatoms. The molecule has 0 unspecified atom stereocenters. The molecule has 0 bridgehead atoms. The van der Waals surface area contributed by atoms with E-state index in [1.54, 1.807) is 12.1 Å². The van der Waals surface area contributed by atoms with E-state index in [0.29, 0.717) is 30.3 Å². The molecule has 2 saturated carbocycles. The molecular formula is C20H29N3O2. The van der Waals surface area contributed by atoms with Gasteiger partial charge < -0.3 is 14.9 Å². The fourth-order valence-electron chi connectivity index (χ4n) is 4.34. The Morgan fingerprint density at radius 3 is 2.16 bits per heavy atom. The second-order valence-electron chi connectivity index (χ2n) is 7.75. The third-order valence-electron chi connectivity index (χ3n) is 5.89. The third kappa shape index (κ3) is 3.92. The van der Waals surface area contributed by atoms with E-state index in [0.717, 1.165) is 31.9 Å². The van der Waals surface area contributed by atoms with Crippen LogP contribution in [0.5, 0.6) is 5.75 Å². The summed E-state index contributed by atoms with van der Waals surface area (Å²) in [6, 6.07) is 8.45. The Bertz CT molecular complexity index is 585. The van der Waals surface area contributed by atoms with Crippen molar-refractivity contribution in [3.63, 3.8) is 0 Å². The van der Waals surface area contributed by atoms with Crippen molar-refractivity contribution in [2.24, 2.45) is 0 Å². The molecule has 25 heavy (non-hydrogen) atoms. The van der Waals surface area contributed by atoms with Crippen LogP contribution in [-0.2, 0) is 4.79 Å². The predicted molar refractivity (Wildman–Crippen MR) is 98.9 cm³/mol. The summed E-state index contributed by atoms with van der Waals surface area (Å²) < 4.78 is 0. The zero-order valence-electron chi connectivity index (χ0n) is 14.9. The van der Waals surface area contributed by atoms with Crippen molar-refractivity contribution >= 4 is 11.6 Å². The number of anilines is 1. The Morgan fingerprint density at radius 1 is 0.960 bits per heavy atom. The highest BCUT2D eigenvalue weighted by molar-refractivity contribution is 5.79. The summed E-state index contributed by atoms with van der Waals surface area (Å²) in [4.78, 5) is 19.8. The van der Waals surface area contributed by atoms with Crippen LogP contribution in [0.25, 0.3) is 0 Å². The number of piperazine rings is 1. The van der Waals surface area contributed by atoms with Crippen LogP contribution >= 0.6 is 0 Å². The van der Waals surface area contributed by atoms with Crippen LogP contribution in [0.15, 0.2) is 24.3 Å². The van der Waals surface area contributed by atoms with Crippen LogP contribution in [-0.4, -0.2) is 65.6 Å². The highest BCUT2D eigenvalue weighted by Crippen LogP contribution is 2.34. The van der Waals surface area contributed by atoms with E-state index in [1.807, 2.05) is 12.1 Å². The minimum atomic E-state index is 0.306. The van der Waals surface area contributed by atoms with Crippen molar-refractivity contribution < 1.29 is 9.90 Å². The fraction of sp³-hybridized carbons (Fsp3) is 0.650. The second kappa shape index (κ2) is 7.24. The predicted octanol–water partition coefficient (Wildman–Crippen LogP) is 2.45. The van der Waals surface area contributed by atoms with Gasteiger partial charge in [0.15, 0.2) is 0 Å². The first kappa shape index (κ1) is 16.7. The molecule has 1 saturated heterocycles. The van der Waals surface area contributed by atoms with Gasteiger partial charge in [-0.05, 0) is 49.9 Å². The fourth-order valence-corrected chi connectivity index (χ4v) is 4.34. The molecule has 4 rings (SSSR count). The van der Waals surface area contributed by atoms with Crippen LogP contribution < -0.4 is 4.90 Å². The second-order valence-corrected chi connectivity index (χ2v) is 7.75. The number of hydrogen-bond acceptors (Lipinski definition) is 4. The van der Waals surface area contributed by atoms with E-state index in [9.17, 15) is 9.90 Å². The number of carbonyl (C=O) groups excluding carboxylic acids is 1. The summed E-state index contributed by atoms with van der Waals surface area (Å²) in [5.74, 6) is 0.660. The summed E-state index contributed by atoms with van der Waals surface area (Å²) >= 11 is 0. The summed E-state index contributed by atoms with van der Waals surface area (Å²) in [6.45, 7) is 4.30. The lowest BCUT2D eigenvalue weighted by Crippen LogP contribution is -2.51. The topological polar surface area (TPSA) is 47.0 Å². The molecule has 1 amide bonds. The molecule has 1 heterocycles. The first-order valence-electron chi connectivity index (χ1n) is 9.78. The minimum Gasteiger partial charge on any atom is -0.508 e. The van der Waals surface area contributed by atoms with Crippen LogP contribution in [0.1, 0.15) is 38.5 Å². The van der Waals surface area contributed by atoms with E-state index in [2.05, 4.69) is 14.7 Å². The number of aromatic hydroxyl groups is 1. The minimum absolute atomic E-state index is 0.306. The Labute approximate surface area is 150 Å². The van der Waals surface area contributed by atoms with Gasteiger partial charge in [-0.2, -0.15) is 0 Å². The third-order valence-corrected chi connectivity index (χ3v) is 5.89. The molecule has 1 aromatic carbocycles. The van der Waals surface area contributed by atoms with Crippen LogP contribution in [0.3, 0.4) is 0 Å².